The van der Waals surface area contributed by atoms with Gasteiger partial charge in [0.15, 0.2) is 16.1 Å². The maximum absolute atomic E-state index is 6.14. The number of para-hydroxylation sites is 1. The van der Waals surface area contributed by atoms with E-state index in [4.69, 9.17) is 9.15 Å². The Morgan fingerprint density at radius 1 is 1.23 bits per heavy atom. The number of halogens is 2. The van der Waals surface area contributed by atoms with E-state index < -0.39 is 6.23 Å². The molecule has 2 aromatic heterocycles. The van der Waals surface area contributed by atoms with Crippen LogP contribution in [-0.4, -0.2) is 20.9 Å². The van der Waals surface area contributed by atoms with Gasteiger partial charge in [0.1, 0.15) is 0 Å². The minimum atomic E-state index is -0.541. The molecule has 1 atom stereocenters. The second kappa shape index (κ2) is 7.58. The smallest absolute Gasteiger partial charge is 0.247 e. The molecule has 0 amide bonds. The van der Waals surface area contributed by atoms with Gasteiger partial charge in [0.2, 0.25) is 17.3 Å². The van der Waals surface area contributed by atoms with Crippen molar-refractivity contribution in [3.8, 4) is 17.1 Å². The van der Waals surface area contributed by atoms with E-state index >= 15 is 0 Å². The highest BCUT2D eigenvalue weighted by Crippen LogP contribution is 2.41. The first-order chi connectivity index (χ1) is 12.7. The van der Waals surface area contributed by atoms with Crippen molar-refractivity contribution in [2.75, 3.05) is 11.1 Å². The van der Waals surface area contributed by atoms with Crippen LogP contribution in [0.4, 0.5) is 5.69 Å². The van der Waals surface area contributed by atoms with Crippen molar-refractivity contribution in [3.05, 3.63) is 45.2 Å². The fraction of sp³-hybridized carbons (Fsp3) is 0.235. The number of aromatic nitrogens is 3. The summed E-state index contributed by atoms with van der Waals surface area (Å²) in [7, 11) is 0. The summed E-state index contributed by atoms with van der Waals surface area (Å²) in [5.41, 5.74) is 2.38. The average Bonchev–Trinajstić information content (AvgIpc) is 2.89. The van der Waals surface area contributed by atoms with Crippen LogP contribution in [0.25, 0.3) is 11.3 Å². The Labute approximate surface area is 171 Å². The lowest BCUT2D eigenvalue weighted by Gasteiger charge is -2.16. The summed E-state index contributed by atoms with van der Waals surface area (Å²) in [4.78, 5) is 4.58. The number of hydrogen-bond acceptors (Lipinski definition) is 7. The standard InChI is InChI=1S/C17H14Br2N4O2S/c1-2-7-26-17-21-16-13(22-23-17)9-5-3-4-6-11(9)20-15(25-16)12-8-10(18)14(19)24-12/h3-6,8,15,20H,2,7H2,1H3/t15-/m0/s1. The van der Waals surface area contributed by atoms with Crippen LogP contribution in [-0.2, 0) is 0 Å². The molecule has 0 saturated heterocycles. The zero-order valence-corrected chi connectivity index (χ0v) is 17.7. The van der Waals surface area contributed by atoms with Gasteiger partial charge in [0.05, 0.1) is 4.47 Å². The molecule has 3 heterocycles. The molecule has 0 radical (unpaired) electrons. The van der Waals surface area contributed by atoms with E-state index in [9.17, 15) is 0 Å². The van der Waals surface area contributed by atoms with E-state index in [1.807, 2.05) is 30.3 Å². The Balaban J connectivity index is 1.79. The Bertz CT molecular complexity index is 931. The van der Waals surface area contributed by atoms with E-state index in [-0.39, 0.29) is 0 Å². The average molecular weight is 498 g/mol. The van der Waals surface area contributed by atoms with Crippen molar-refractivity contribution in [2.45, 2.75) is 24.7 Å². The van der Waals surface area contributed by atoms with Gasteiger partial charge in [-0.3, -0.25) is 0 Å². The molecule has 0 saturated carbocycles. The monoisotopic (exact) mass is 496 g/mol. The molecule has 9 heteroatoms. The van der Waals surface area contributed by atoms with Crippen molar-refractivity contribution in [3.63, 3.8) is 0 Å². The maximum atomic E-state index is 6.14. The molecule has 0 unspecified atom stereocenters. The minimum absolute atomic E-state index is 0.435. The first-order valence-corrected chi connectivity index (χ1v) is 10.6. The lowest BCUT2D eigenvalue weighted by atomic mass is 10.1. The van der Waals surface area contributed by atoms with Crippen LogP contribution in [0.2, 0.25) is 0 Å². The van der Waals surface area contributed by atoms with Crippen LogP contribution in [0.15, 0.2) is 49.0 Å². The van der Waals surface area contributed by atoms with Crippen LogP contribution in [0.1, 0.15) is 25.3 Å². The molecule has 134 valence electrons. The number of hydrogen-bond donors (Lipinski definition) is 1. The normalized spacial score (nSPS) is 15.4. The zero-order chi connectivity index (χ0) is 18.1. The highest BCUT2D eigenvalue weighted by Gasteiger charge is 2.28. The topological polar surface area (TPSA) is 73.1 Å². The van der Waals surface area contributed by atoms with Gasteiger partial charge in [0.25, 0.3) is 0 Å². The molecular weight excluding hydrogens is 484 g/mol. The Morgan fingerprint density at radius 3 is 2.85 bits per heavy atom. The molecule has 1 aliphatic rings. The van der Waals surface area contributed by atoms with Crippen molar-refractivity contribution in [1.29, 1.82) is 0 Å². The van der Waals surface area contributed by atoms with Gasteiger partial charge in [0, 0.05) is 23.1 Å². The number of furan rings is 1. The van der Waals surface area contributed by atoms with Crippen LogP contribution < -0.4 is 10.1 Å². The van der Waals surface area contributed by atoms with Gasteiger partial charge in [-0.25, -0.2) is 0 Å². The largest absolute Gasteiger partial charge is 0.447 e. The summed E-state index contributed by atoms with van der Waals surface area (Å²) in [6.45, 7) is 2.11. The third-order valence-corrected chi connectivity index (χ3v) is 6.45. The van der Waals surface area contributed by atoms with Crippen LogP contribution >= 0.6 is 43.6 Å². The van der Waals surface area contributed by atoms with Crippen LogP contribution in [0.3, 0.4) is 0 Å². The van der Waals surface area contributed by atoms with Gasteiger partial charge in [-0.05, 0) is 44.3 Å². The molecule has 0 spiro atoms. The van der Waals surface area contributed by atoms with Gasteiger partial charge in [-0.2, -0.15) is 4.98 Å². The highest BCUT2D eigenvalue weighted by molar-refractivity contribution is 9.13. The molecular formula is C17H14Br2N4O2S. The number of ether oxygens (including phenoxy) is 1. The number of nitrogens with one attached hydrogen (secondary N) is 1. The molecule has 3 aromatic rings. The Kier molecular flexibility index (Phi) is 5.19. The molecule has 0 bridgehead atoms. The number of anilines is 1. The first-order valence-electron chi connectivity index (χ1n) is 8.00. The summed E-state index contributed by atoms with van der Waals surface area (Å²) < 4.78 is 13.3. The summed E-state index contributed by atoms with van der Waals surface area (Å²) >= 11 is 8.37. The number of rotatable bonds is 4. The van der Waals surface area contributed by atoms with Crippen molar-refractivity contribution in [2.24, 2.45) is 0 Å². The maximum Gasteiger partial charge on any atom is 0.247 e. The molecule has 26 heavy (non-hydrogen) atoms. The highest BCUT2D eigenvalue weighted by atomic mass is 79.9. The summed E-state index contributed by atoms with van der Waals surface area (Å²) in [6, 6.07) is 9.70. The molecule has 6 nitrogen and oxygen atoms in total. The minimum Gasteiger partial charge on any atom is -0.447 e. The lowest BCUT2D eigenvalue weighted by molar-refractivity contribution is 0.194. The van der Waals surface area contributed by atoms with Gasteiger partial charge < -0.3 is 14.5 Å². The lowest BCUT2D eigenvalue weighted by Crippen LogP contribution is -2.16. The third kappa shape index (κ3) is 3.47. The number of fused-ring (bicyclic) bond motifs is 3. The number of benzene rings is 1. The van der Waals surface area contributed by atoms with E-state index in [1.165, 1.54) is 0 Å². The van der Waals surface area contributed by atoms with E-state index in [0.29, 0.717) is 27.2 Å². The third-order valence-electron chi connectivity index (χ3n) is 3.69. The van der Waals surface area contributed by atoms with Gasteiger partial charge in [-0.1, -0.05) is 36.9 Å². The van der Waals surface area contributed by atoms with Crippen LogP contribution in [0.5, 0.6) is 5.88 Å². The summed E-state index contributed by atoms with van der Waals surface area (Å²) in [5, 5.41) is 12.6. The Hall–Kier alpha value is -1.58. The predicted octanol–water partition coefficient (Wildman–Crippen LogP) is 5.66. The van der Waals surface area contributed by atoms with E-state index in [1.54, 1.807) is 11.8 Å². The molecule has 0 aliphatic carbocycles. The first kappa shape index (κ1) is 17.8. The summed E-state index contributed by atoms with van der Waals surface area (Å²) in [5.74, 6) is 1.98. The molecule has 0 fully saturated rings. The SMILES string of the molecule is CCCSc1nnc2c(n1)O[C@@H](c1cc(Br)c(Br)o1)Nc1ccccc1-2. The fourth-order valence-corrected chi connectivity index (χ4v) is 3.76. The molecule has 4 rings (SSSR count). The second-order valence-corrected chi connectivity index (χ2v) is 8.19. The van der Waals surface area contributed by atoms with Crippen molar-refractivity contribution < 1.29 is 9.15 Å². The Morgan fingerprint density at radius 2 is 2.08 bits per heavy atom. The number of thioether (sulfide) groups is 1. The summed E-state index contributed by atoms with van der Waals surface area (Å²) in [6.07, 6.45) is 0.494. The fourth-order valence-electron chi connectivity index (χ4n) is 2.52. The number of nitrogens with zero attached hydrogens (tertiary/aromatic N) is 3. The van der Waals surface area contributed by atoms with Gasteiger partial charge in [-0.15, -0.1) is 10.2 Å². The second-order valence-electron chi connectivity index (χ2n) is 5.55. The van der Waals surface area contributed by atoms with Crippen molar-refractivity contribution >= 4 is 49.3 Å². The van der Waals surface area contributed by atoms with Crippen molar-refractivity contribution in [1.82, 2.24) is 15.2 Å². The predicted molar refractivity (Wildman–Crippen MR) is 107 cm³/mol. The van der Waals surface area contributed by atoms with Gasteiger partial charge >= 0.3 is 0 Å². The quantitative estimate of drug-likeness (QED) is 0.466. The molecule has 1 aliphatic heterocycles. The van der Waals surface area contributed by atoms with Crippen LogP contribution in [0, 0.1) is 0 Å². The van der Waals surface area contributed by atoms with E-state index in [0.717, 1.165) is 27.9 Å². The molecule has 1 N–H and O–H groups in total. The van der Waals surface area contributed by atoms with E-state index in [2.05, 4.69) is 59.3 Å². The zero-order valence-electron chi connectivity index (χ0n) is 13.7. The molecule has 1 aromatic carbocycles.